The van der Waals surface area contributed by atoms with Gasteiger partial charge in [-0.05, 0) is 19.3 Å². The van der Waals surface area contributed by atoms with Crippen LogP contribution >= 0.6 is 0 Å². The molecule has 6 heteroatoms. The molecule has 0 aliphatic carbocycles. The molecule has 0 bridgehead atoms. The lowest BCUT2D eigenvalue weighted by atomic mass is 10.1. The molecule has 0 aromatic rings. The molecular formula is C12H18F3NO2. The zero-order valence-corrected chi connectivity index (χ0v) is 10.2. The second-order valence-electron chi connectivity index (χ2n) is 4.31. The van der Waals surface area contributed by atoms with Crippen molar-refractivity contribution in [1.29, 1.82) is 0 Å². The van der Waals surface area contributed by atoms with E-state index in [2.05, 4.69) is 6.58 Å². The molecule has 0 atom stereocenters. The first-order chi connectivity index (χ1) is 8.44. The van der Waals surface area contributed by atoms with E-state index in [1.807, 2.05) is 0 Å². The minimum absolute atomic E-state index is 0.0803. The van der Waals surface area contributed by atoms with E-state index in [0.717, 1.165) is 4.90 Å². The molecule has 1 rings (SSSR count). The molecule has 18 heavy (non-hydrogen) atoms. The molecule has 0 aromatic heterocycles. The summed E-state index contributed by atoms with van der Waals surface area (Å²) < 4.78 is 42.6. The maximum Gasteiger partial charge on any atom is 0.406 e. The van der Waals surface area contributed by atoms with E-state index in [1.54, 1.807) is 0 Å². The molecule has 0 aromatic carbocycles. The second kappa shape index (κ2) is 6.78. The Morgan fingerprint density at radius 1 is 1.39 bits per heavy atom. The molecule has 0 saturated carbocycles. The predicted octanol–water partition coefficient (Wildman–Crippen LogP) is 2.52. The van der Waals surface area contributed by atoms with Crippen LogP contribution in [0.25, 0.3) is 0 Å². The Morgan fingerprint density at radius 3 is 2.50 bits per heavy atom. The maximum absolute atomic E-state index is 12.5. The summed E-state index contributed by atoms with van der Waals surface area (Å²) in [7, 11) is 0. The van der Waals surface area contributed by atoms with Crippen molar-refractivity contribution < 1.29 is 22.7 Å². The van der Waals surface area contributed by atoms with Gasteiger partial charge in [0.1, 0.15) is 6.54 Å². The molecular weight excluding hydrogens is 247 g/mol. The summed E-state index contributed by atoms with van der Waals surface area (Å²) in [5.41, 5.74) is 0. The van der Waals surface area contributed by atoms with Crippen LogP contribution in [0.5, 0.6) is 0 Å². The number of allylic oxidation sites excluding steroid dienone is 1. The lowest BCUT2D eigenvalue weighted by Gasteiger charge is -2.34. The summed E-state index contributed by atoms with van der Waals surface area (Å²) in [4.78, 5) is 12.8. The van der Waals surface area contributed by atoms with Crippen LogP contribution in [0.1, 0.15) is 25.7 Å². The van der Waals surface area contributed by atoms with Gasteiger partial charge in [-0.2, -0.15) is 13.2 Å². The highest BCUT2D eigenvalue weighted by atomic mass is 19.4. The average molecular weight is 265 g/mol. The van der Waals surface area contributed by atoms with Crippen molar-refractivity contribution in [3.05, 3.63) is 12.7 Å². The molecule has 1 heterocycles. The third-order valence-corrected chi connectivity index (χ3v) is 2.86. The van der Waals surface area contributed by atoms with E-state index in [0.29, 0.717) is 32.5 Å². The molecule has 0 spiro atoms. The third-order valence-electron chi connectivity index (χ3n) is 2.86. The summed E-state index contributed by atoms with van der Waals surface area (Å²) in [6.07, 6.45) is -1.41. The van der Waals surface area contributed by atoms with Crippen molar-refractivity contribution in [1.82, 2.24) is 4.90 Å². The van der Waals surface area contributed by atoms with E-state index in [9.17, 15) is 18.0 Å². The van der Waals surface area contributed by atoms with Crippen molar-refractivity contribution in [3.8, 4) is 0 Å². The highest BCUT2D eigenvalue weighted by Gasteiger charge is 2.36. The van der Waals surface area contributed by atoms with Gasteiger partial charge in [-0.1, -0.05) is 6.08 Å². The van der Waals surface area contributed by atoms with E-state index in [4.69, 9.17) is 4.74 Å². The van der Waals surface area contributed by atoms with Gasteiger partial charge >= 0.3 is 6.18 Å². The van der Waals surface area contributed by atoms with Crippen LogP contribution in [-0.2, 0) is 9.53 Å². The SMILES string of the molecule is C=CCCC(=O)N(CC(F)(F)F)C1CCOCC1. The van der Waals surface area contributed by atoms with E-state index >= 15 is 0 Å². The molecule has 1 aliphatic rings. The van der Waals surface area contributed by atoms with Gasteiger partial charge in [0.2, 0.25) is 5.91 Å². The molecule has 1 fully saturated rings. The lowest BCUT2D eigenvalue weighted by molar-refractivity contribution is -0.168. The number of carbonyl (C=O) groups excluding carboxylic acids is 1. The zero-order chi connectivity index (χ0) is 13.6. The van der Waals surface area contributed by atoms with Crippen molar-refractivity contribution in [2.45, 2.75) is 37.9 Å². The van der Waals surface area contributed by atoms with Crippen molar-refractivity contribution in [2.24, 2.45) is 0 Å². The zero-order valence-electron chi connectivity index (χ0n) is 10.2. The lowest BCUT2D eigenvalue weighted by Crippen LogP contribution is -2.47. The Hall–Kier alpha value is -1.04. The fourth-order valence-electron chi connectivity index (χ4n) is 1.98. The van der Waals surface area contributed by atoms with Crippen LogP contribution in [-0.4, -0.2) is 42.8 Å². The third kappa shape index (κ3) is 5.08. The summed E-state index contributed by atoms with van der Waals surface area (Å²) in [6.45, 7) is 3.11. The Morgan fingerprint density at radius 2 is 2.00 bits per heavy atom. The predicted molar refractivity (Wildman–Crippen MR) is 61.0 cm³/mol. The minimum Gasteiger partial charge on any atom is -0.381 e. The first-order valence-electron chi connectivity index (χ1n) is 5.99. The quantitative estimate of drug-likeness (QED) is 0.715. The van der Waals surface area contributed by atoms with Crippen LogP contribution in [0.3, 0.4) is 0 Å². The van der Waals surface area contributed by atoms with E-state index in [1.165, 1.54) is 6.08 Å². The Labute approximate surface area is 105 Å². The Balaban J connectivity index is 2.66. The molecule has 1 amide bonds. The van der Waals surface area contributed by atoms with Gasteiger partial charge in [-0.15, -0.1) is 6.58 Å². The number of carbonyl (C=O) groups is 1. The van der Waals surface area contributed by atoms with Crippen LogP contribution < -0.4 is 0 Å². The minimum atomic E-state index is -4.36. The number of hydrogen-bond donors (Lipinski definition) is 0. The highest BCUT2D eigenvalue weighted by molar-refractivity contribution is 5.76. The standard InChI is InChI=1S/C12H18F3NO2/c1-2-3-4-11(17)16(9-12(13,14)15)10-5-7-18-8-6-10/h2,10H,1,3-9H2. The monoisotopic (exact) mass is 265 g/mol. The van der Waals surface area contributed by atoms with E-state index in [-0.39, 0.29) is 12.5 Å². The van der Waals surface area contributed by atoms with Gasteiger partial charge in [0.25, 0.3) is 0 Å². The molecule has 3 nitrogen and oxygen atoms in total. The van der Waals surface area contributed by atoms with Gasteiger partial charge in [0.15, 0.2) is 0 Å². The second-order valence-corrected chi connectivity index (χ2v) is 4.31. The van der Waals surface area contributed by atoms with Crippen LogP contribution in [0.4, 0.5) is 13.2 Å². The summed E-state index contributed by atoms with van der Waals surface area (Å²) in [5.74, 6) is -0.459. The summed E-state index contributed by atoms with van der Waals surface area (Å²) in [6, 6.07) is -0.363. The molecule has 0 N–H and O–H groups in total. The fraction of sp³-hybridized carbons (Fsp3) is 0.750. The van der Waals surface area contributed by atoms with Gasteiger partial charge in [-0.3, -0.25) is 4.79 Å². The molecule has 1 saturated heterocycles. The largest absolute Gasteiger partial charge is 0.406 e. The van der Waals surface area contributed by atoms with Gasteiger partial charge < -0.3 is 9.64 Å². The van der Waals surface area contributed by atoms with Crippen LogP contribution in [0.2, 0.25) is 0 Å². The topological polar surface area (TPSA) is 29.5 Å². The molecule has 0 unspecified atom stereocenters. The van der Waals surface area contributed by atoms with Crippen LogP contribution in [0, 0.1) is 0 Å². The molecule has 1 aliphatic heterocycles. The number of hydrogen-bond acceptors (Lipinski definition) is 2. The normalized spacial score (nSPS) is 17.5. The molecule has 104 valence electrons. The number of nitrogens with zero attached hydrogens (tertiary/aromatic N) is 1. The average Bonchev–Trinajstić information content (AvgIpc) is 2.33. The Kier molecular flexibility index (Phi) is 5.65. The Bertz CT molecular complexity index is 286. The summed E-state index contributed by atoms with van der Waals surface area (Å²) in [5, 5.41) is 0. The van der Waals surface area contributed by atoms with Gasteiger partial charge in [0, 0.05) is 25.7 Å². The number of amides is 1. The smallest absolute Gasteiger partial charge is 0.381 e. The first-order valence-corrected chi connectivity index (χ1v) is 5.99. The first kappa shape index (κ1) is 15.0. The van der Waals surface area contributed by atoms with Crippen molar-refractivity contribution in [3.63, 3.8) is 0 Å². The number of ether oxygens (including phenoxy) is 1. The number of rotatable bonds is 5. The van der Waals surface area contributed by atoms with Crippen LogP contribution in [0.15, 0.2) is 12.7 Å². The highest BCUT2D eigenvalue weighted by Crippen LogP contribution is 2.23. The summed E-state index contributed by atoms with van der Waals surface area (Å²) >= 11 is 0. The maximum atomic E-state index is 12.5. The fourth-order valence-corrected chi connectivity index (χ4v) is 1.98. The number of alkyl halides is 3. The number of halogens is 3. The van der Waals surface area contributed by atoms with Crippen molar-refractivity contribution >= 4 is 5.91 Å². The van der Waals surface area contributed by atoms with E-state index < -0.39 is 18.6 Å². The van der Waals surface area contributed by atoms with Gasteiger partial charge in [0.05, 0.1) is 0 Å². The molecule has 0 radical (unpaired) electrons. The van der Waals surface area contributed by atoms with Crippen molar-refractivity contribution in [2.75, 3.05) is 19.8 Å². The van der Waals surface area contributed by atoms with Gasteiger partial charge in [-0.25, -0.2) is 0 Å².